The largest absolute Gasteiger partial charge is 0.436 e. The molecule has 0 radical (unpaired) electrons. The number of anilines is 1. The van der Waals surface area contributed by atoms with Crippen molar-refractivity contribution in [1.29, 1.82) is 0 Å². The average Bonchev–Trinajstić information content (AvgIpc) is 3.20. The normalized spacial score (nSPS) is 10.7. The third-order valence-electron chi connectivity index (χ3n) is 4.20. The van der Waals surface area contributed by atoms with Crippen LogP contribution in [0, 0.1) is 0 Å². The van der Waals surface area contributed by atoms with Gasteiger partial charge in [0.15, 0.2) is 5.76 Å². The summed E-state index contributed by atoms with van der Waals surface area (Å²) in [6, 6.07) is 19.7. The Morgan fingerprint density at radius 1 is 1.00 bits per heavy atom. The first kappa shape index (κ1) is 19.7. The van der Waals surface area contributed by atoms with Crippen molar-refractivity contribution in [2.45, 2.75) is 0 Å². The van der Waals surface area contributed by atoms with Crippen LogP contribution in [0.5, 0.6) is 0 Å². The average molecular weight is 488 g/mol. The van der Waals surface area contributed by atoms with Crippen LogP contribution in [0.2, 0.25) is 10.0 Å². The topological polar surface area (TPSA) is 55.1 Å². The van der Waals surface area contributed by atoms with Gasteiger partial charge in [0.05, 0.1) is 22.5 Å². The van der Waals surface area contributed by atoms with Crippen LogP contribution < -0.4 is 5.32 Å². The Labute approximate surface area is 185 Å². The summed E-state index contributed by atoms with van der Waals surface area (Å²) in [5.41, 5.74) is 2.35. The summed E-state index contributed by atoms with van der Waals surface area (Å²) in [5, 5.41) is 3.66. The van der Waals surface area contributed by atoms with E-state index in [4.69, 9.17) is 27.6 Å². The number of hydrogen-bond acceptors (Lipinski definition) is 3. The number of carbonyl (C=O) groups is 1. The number of nitrogens with one attached hydrogen (secondary N) is 1. The summed E-state index contributed by atoms with van der Waals surface area (Å²) < 4.78 is 6.87. The number of oxazole rings is 1. The van der Waals surface area contributed by atoms with Crippen molar-refractivity contribution < 1.29 is 9.21 Å². The molecule has 4 aromatic rings. The van der Waals surface area contributed by atoms with Gasteiger partial charge in [0.1, 0.15) is 0 Å². The molecule has 0 fully saturated rings. The van der Waals surface area contributed by atoms with Gasteiger partial charge in [-0.1, -0.05) is 63.4 Å². The molecule has 0 aliphatic rings. The van der Waals surface area contributed by atoms with Gasteiger partial charge < -0.3 is 9.73 Å². The molecular weight excluding hydrogens is 475 g/mol. The van der Waals surface area contributed by atoms with Crippen LogP contribution >= 0.6 is 39.1 Å². The third kappa shape index (κ3) is 4.37. The van der Waals surface area contributed by atoms with Crippen LogP contribution in [0.1, 0.15) is 10.4 Å². The summed E-state index contributed by atoms with van der Waals surface area (Å²) in [6.45, 7) is 0. The summed E-state index contributed by atoms with van der Waals surface area (Å²) >= 11 is 15.5. The van der Waals surface area contributed by atoms with Gasteiger partial charge in [-0.3, -0.25) is 4.79 Å². The van der Waals surface area contributed by atoms with Gasteiger partial charge in [-0.2, -0.15) is 0 Å². The van der Waals surface area contributed by atoms with Crippen molar-refractivity contribution in [3.05, 3.63) is 93.0 Å². The van der Waals surface area contributed by atoms with Crippen LogP contribution in [-0.2, 0) is 0 Å². The number of halogens is 3. The van der Waals surface area contributed by atoms with Crippen molar-refractivity contribution >= 4 is 50.7 Å². The minimum atomic E-state index is -0.327. The minimum Gasteiger partial charge on any atom is -0.436 e. The maximum absolute atomic E-state index is 12.9. The quantitative estimate of drug-likeness (QED) is 0.327. The Kier molecular flexibility index (Phi) is 5.72. The van der Waals surface area contributed by atoms with Crippen LogP contribution in [0.3, 0.4) is 0 Å². The van der Waals surface area contributed by atoms with Gasteiger partial charge >= 0.3 is 0 Å². The summed E-state index contributed by atoms with van der Waals surface area (Å²) in [5.74, 6) is 0.636. The number of aromatic nitrogens is 1. The molecule has 3 aromatic carbocycles. The van der Waals surface area contributed by atoms with E-state index in [9.17, 15) is 4.79 Å². The highest BCUT2D eigenvalue weighted by Crippen LogP contribution is 2.31. The van der Waals surface area contributed by atoms with Crippen molar-refractivity contribution in [2.75, 3.05) is 5.32 Å². The fourth-order valence-electron chi connectivity index (χ4n) is 2.82. The Hall–Kier alpha value is -2.60. The van der Waals surface area contributed by atoms with E-state index in [-0.39, 0.29) is 5.91 Å². The molecule has 0 aliphatic heterocycles. The molecule has 7 heteroatoms. The highest BCUT2D eigenvalue weighted by molar-refractivity contribution is 9.10. The van der Waals surface area contributed by atoms with Gasteiger partial charge in [0.2, 0.25) is 5.89 Å². The zero-order valence-electron chi connectivity index (χ0n) is 14.8. The molecule has 0 bridgehead atoms. The van der Waals surface area contributed by atoms with Gasteiger partial charge in [-0.05, 0) is 42.5 Å². The summed E-state index contributed by atoms with van der Waals surface area (Å²) in [7, 11) is 0. The molecule has 0 saturated carbocycles. The first-order chi connectivity index (χ1) is 14.0. The Morgan fingerprint density at radius 3 is 2.62 bits per heavy atom. The molecule has 4 rings (SSSR count). The number of carbonyl (C=O) groups excluding carboxylic acids is 1. The monoisotopic (exact) mass is 486 g/mol. The molecule has 0 unspecified atom stereocenters. The van der Waals surface area contributed by atoms with Crippen molar-refractivity contribution in [1.82, 2.24) is 4.98 Å². The molecule has 1 heterocycles. The van der Waals surface area contributed by atoms with Crippen molar-refractivity contribution in [3.8, 4) is 22.8 Å². The van der Waals surface area contributed by atoms with E-state index in [0.717, 1.165) is 10.0 Å². The molecular formula is C22H13BrCl2N2O2. The zero-order valence-corrected chi connectivity index (χ0v) is 17.9. The van der Waals surface area contributed by atoms with E-state index in [1.54, 1.807) is 42.6 Å². The highest BCUT2D eigenvalue weighted by Gasteiger charge is 2.18. The second kappa shape index (κ2) is 8.41. The van der Waals surface area contributed by atoms with Crippen LogP contribution in [-0.4, -0.2) is 10.9 Å². The fraction of sp³-hybridized carbons (Fsp3) is 0. The number of nitrogens with zero attached hydrogens (tertiary/aromatic N) is 1. The first-order valence-electron chi connectivity index (χ1n) is 8.59. The lowest BCUT2D eigenvalue weighted by atomic mass is 10.1. The van der Waals surface area contributed by atoms with E-state index >= 15 is 0 Å². The number of rotatable bonds is 4. The van der Waals surface area contributed by atoms with Gasteiger partial charge in [-0.25, -0.2) is 4.98 Å². The molecule has 1 N–H and O–H groups in total. The second-order valence-corrected chi connectivity index (χ2v) is 7.92. The maximum Gasteiger partial charge on any atom is 0.256 e. The van der Waals surface area contributed by atoms with E-state index in [1.807, 2.05) is 30.3 Å². The molecule has 0 atom stereocenters. The lowest BCUT2D eigenvalue weighted by molar-refractivity contribution is 0.102. The molecule has 4 nitrogen and oxygen atoms in total. The van der Waals surface area contributed by atoms with Gasteiger partial charge in [0.25, 0.3) is 5.91 Å². The molecule has 1 amide bonds. The van der Waals surface area contributed by atoms with Gasteiger partial charge in [0, 0.05) is 20.6 Å². The number of hydrogen-bond donors (Lipinski definition) is 1. The second-order valence-electron chi connectivity index (χ2n) is 6.16. The Bertz CT molecular complexity index is 1210. The number of amides is 1. The van der Waals surface area contributed by atoms with Crippen LogP contribution in [0.4, 0.5) is 5.69 Å². The molecule has 144 valence electrons. The summed E-state index contributed by atoms with van der Waals surface area (Å²) in [4.78, 5) is 17.3. The SMILES string of the molecule is O=C(Nc1ccc(Cl)cc1Cl)c1ccccc1-c1ncc(-c2cccc(Br)c2)o1. The van der Waals surface area contributed by atoms with Crippen LogP contribution in [0.15, 0.2) is 81.8 Å². The Balaban J connectivity index is 1.66. The number of benzene rings is 3. The van der Waals surface area contributed by atoms with Crippen molar-refractivity contribution in [3.63, 3.8) is 0 Å². The molecule has 0 spiro atoms. The Morgan fingerprint density at radius 2 is 1.83 bits per heavy atom. The first-order valence-corrected chi connectivity index (χ1v) is 10.1. The standard InChI is InChI=1S/C22H13BrCl2N2O2/c23-14-5-3-4-13(10-14)20-12-26-22(29-20)17-7-2-1-6-16(17)21(28)27-19-9-8-15(24)11-18(19)25/h1-12H,(H,27,28). The fourth-order valence-corrected chi connectivity index (χ4v) is 3.68. The van der Waals surface area contributed by atoms with E-state index in [2.05, 4.69) is 26.2 Å². The van der Waals surface area contributed by atoms with E-state index in [1.165, 1.54) is 0 Å². The van der Waals surface area contributed by atoms with E-state index < -0.39 is 0 Å². The summed E-state index contributed by atoms with van der Waals surface area (Å²) in [6.07, 6.45) is 1.64. The lowest BCUT2D eigenvalue weighted by Gasteiger charge is -2.10. The van der Waals surface area contributed by atoms with Gasteiger partial charge in [-0.15, -0.1) is 0 Å². The molecule has 0 aliphatic carbocycles. The third-order valence-corrected chi connectivity index (χ3v) is 5.24. The lowest BCUT2D eigenvalue weighted by Crippen LogP contribution is -2.13. The molecule has 0 saturated heterocycles. The van der Waals surface area contributed by atoms with Crippen molar-refractivity contribution in [2.24, 2.45) is 0 Å². The predicted molar refractivity (Wildman–Crippen MR) is 119 cm³/mol. The zero-order chi connectivity index (χ0) is 20.4. The predicted octanol–water partition coefficient (Wildman–Crippen LogP) is 7.33. The minimum absolute atomic E-state index is 0.327. The molecule has 29 heavy (non-hydrogen) atoms. The van der Waals surface area contributed by atoms with E-state index in [0.29, 0.717) is 38.5 Å². The maximum atomic E-state index is 12.9. The molecule has 1 aromatic heterocycles. The van der Waals surface area contributed by atoms with Crippen LogP contribution in [0.25, 0.3) is 22.8 Å². The smallest absolute Gasteiger partial charge is 0.256 e. The highest BCUT2D eigenvalue weighted by atomic mass is 79.9.